The fourth-order valence-corrected chi connectivity index (χ4v) is 3.55. The van der Waals surface area contributed by atoms with Gasteiger partial charge in [-0.05, 0) is 29.8 Å². The zero-order valence-corrected chi connectivity index (χ0v) is 16.5. The van der Waals surface area contributed by atoms with Crippen LogP contribution in [0.15, 0.2) is 66.3 Å². The number of nitrogens with zero attached hydrogens (tertiary/aromatic N) is 3. The van der Waals surface area contributed by atoms with Crippen molar-refractivity contribution < 1.29 is 9.18 Å². The second-order valence-corrected chi connectivity index (χ2v) is 7.25. The van der Waals surface area contributed by atoms with E-state index < -0.39 is 11.7 Å². The van der Waals surface area contributed by atoms with E-state index in [9.17, 15) is 9.18 Å². The first kappa shape index (κ1) is 20.1. The number of hydrogen-bond donors (Lipinski definition) is 1. The van der Waals surface area contributed by atoms with Crippen LogP contribution in [0.3, 0.4) is 0 Å². The van der Waals surface area contributed by atoms with Crippen molar-refractivity contribution in [1.82, 2.24) is 20.1 Å². The summed E-state index contributed by atoms with van der Waals surface area (Å²) in [6.07, 6.45) is 1.73. The zero-order valence-electron chi connectivity index (χ0n) is 14.9. The molecule has 3 rings (SSSR count). The molecule has 1 aromatic heterocycles. The summed E-state index contributed by atoms with van der Waals surface area (Å²) in [6.45, 7) is 4.40. The van der Waals surface area contributed by atoms with Gasteiger partial charge in [-0.2, -0.15) is 0 Å². The molecule has 1 N–H and O–H groups in total. The summed E-state index contributed by atoms with van der Waals surface area (Å²) >= 11 is 7.44. The molecule has 0 unspecified atom stereocenters. The largest absolute Gasteiger partial charge is 0.345 e. The molecule has 0 atom stereocenters. The number of halogens is 2. The number of benzene rings is 2. The third-order valence-corrected chi connectivity index (χ3v) is 5.20. The summed E-state index contributed by atoms with van der Waals surface area (Å²) in [5.41, 5.74) is 1.10. The van der Waals surface area contributed by atoms with Crippen LogP contribution in [0.5, 0.6) is 0 Å². The maximum absolute atomic E-state index is 13.7. The number of carbonyl (C=O) groups is 1. The molecule has 3 aromatic rings. The van der Waals surface area contributed by atoms with Gasteiger partial charge in [0.1, 0.15) is 5.82 Å². The zero-order chi connectivity index (χ0) is 19.9. The monoisotopic (exact) mass is 416 g/mol. The number of rotatable bonds is 8. The van der Waals surface area contributed by atoms with Crippen molar-refractivity contribution in [3.05, 3.63) is 89.0 Å². The van der Waals surface area contributed by atoms with Crippen LogP contribution in [-0.4, -0.2) is 20.7 Å². The minimum Gasteiger partial charge on any atom is -0.345 e. The molecular formula is C20H18ClFN4OS. The van der Waals surface area contributed by atoms with Gasteiger partial charge < -0.3 is 9.88 Å². The van der Waals surface area contributed by atoms with Gasteiger partial charge in [0.25, 0.3) is 5.91 Å². The molecule has 1 heterocycles. The van der Waals surface area contributed by atoms with Crippen molar-refractivity contribution in [3.8, 4) is 0 Å². The van der Waals surface area contributed by atoms with Gasteiger partial charge in [-0.25, -0.2) is 4.39 Å². The maximum atomic E-state index is 13.7. The van der Waals surface area contributed by atoms with Gasteiger partial charge in [0.2, 0.25) is 0 Å². The molecule has 0 radical (unpaired) electrons. The fraction of sp³-hybridized carbons (Fsp3) is 0.150. The third kappa shape index (κ3) is 4.99. The first-order chi connectivity index (χ1) is 13.6. The number of allylic oxidation sites excluding steroid dienone is 1. The van der Waals surface area contributed by atoms with Crippen molar-refractivity contribution >= 4 is 29.3 Å². The maximum Gasteiger partial charge on any atom is 0.254 e. The van der Waals surface area contributed by atoms with Crippen LogP contribution in [0.2, 0.25) is 5.02 Å². The highest BCUT2D eigenvalue weighted by Crippen LogP contribution is 2.23. The normalized spacial score (nSPS) is 10.6. The standard InChI is InChI=1S/C20H18ClFN4OS/c1-2-11-26-18(12-23-19(27)16-5-3-4-6-17(16)22)24-25-20(26)28-13-14-7-9-15(21)10-8-14/h2-10H,1,11-13H2,(H,23,27). The second kappa shape index (κ2) is 9.52. The Labute approximate surface area is 171 Å². The minimum absolute atomic E-state index is 0.00498. The van der Waals surface area contributed by atoms with Gasteiger partial charge in [0.05, 0.1) is 12.1 Å². The molecule has 0 spiro atoms. The molecule has 28 heavy (non-hydrogen) atoms. The van der Waals surface area contributed by atoms with Crippen molar-refractivity contribution in [2.75, 3.05) is 0 Å². The molecule has 0 aliphatic carbocycles. The van der Waals surface area contributed by atoms with Gasteiger partial charge >= 0.3 is 0 Å². The molecule has 0 aliphatic heterocycles. The van der Waals surface area contributed by atoms with Gasteiger partial charge in [-0.15, -0.1) is 16.8 Å². The quantitative estimate of drug-likeness (QED) is 0.434. The topological polar surface area (TPSA) is 59.8 Å². The van der Waals surface area contributed by atoms with Crippen LogP contribution < -0.4 is 5.32 Å². The lowest BCUT2D eigenvalue weighted by Crippen LogP contribution is -2.25. The van der Waals surface area contributed by atoms with Crippen molar-refractivity contribution in [3.63, 3.8) is 0 Å². The van der Waals surface area contributed by atoms with E-state index >= 15 is 0 Å². The second-order valence-electron chi connectivity index (χ2n) is 5.88. The highest BCUT2D eigenvalue weighted by molar-refractivity contribution is 7.98. The highest BCUT2D eigenvalue weighted by Gasteiger charge is 2.15. The molecule has 5 nitrogen and oxygen atoms in total. The van der Waals surface area contributed by atoms with Gasteiger partial charge in [0.15, 0.2) is 11.0 Å². The van der Waals surface area contributed by atoms with Crippen molar-refractivity contribution in [1.29, 1.82) is 0 Å². The van der Waals surface area contributed by atoms with Crippen molar-refractivity contribution in [2.24, 2.45) is 0 Å². The van der Waals surface area contributed by atoms with Crippen LogP contribution in [-0.2, 0) is 18.8 Å². The first-order valence-corrected chi connectivity index (χ1v) is 9.87. The lowest BCUT2D eigenvalue weighted by molar-refractivity contribution is 0.0945. The van der Waals surface area contributed by atoms with E-state index in [0.717, 1.165) is 5.56 Å². The first-order valence-electron chi connectivity index (χ1n) is 8.51. The Bertz CT molecular complexity index is 975. The summed E-state index contributed by atoms with van der Waals surface area (Å²) in [5, 5.41) is 12.5. The number of amides is 1. The lowest BCUT2D eigenvalue weighted by Gasteiger charge is -2.09. The Balaban J connectivity index is 1.68. The predicted octanol–water partition coefficient (Wildman–Crippen LogP) is 4.48. The van der Waals surface area contributed by atoms with E-state index in [1.54, 1.807) is 12.1 Å². The molecule has 2 aromatic carbocycles. The Morgan fingerprint density at radius 3 is 2.68 bits per heavy atom. The van der Waals surface area contributed by atoms with Crippen LogP contribution in [0.4, 0.5) is 4.39 Å². The molecular weight excluding hydrogens is 399 g/mol. The van der Waals surface area contributed by atoms with Crippen LogP contribution in [0.25, 0.3) is 0 Å². The SMILES string of the molecule is C=CCn1c(CNC(=O)c2ccccc2F)nnc1SCc1ccc(Cl)cc1. The van der Waals surface area contributed by atoms with Crippen LogP contribution in [0.1, 0.15) is 21.7 Å². The third-order valence-electron chi connectivity index (χ3n) is 3.91. The molecule has 0 bridgehead atoms. The molecule has 0 saturated carbocycles. The van der Waals surface area contributed by atoms with Gasteiger partial charge in [0, 0.05) is 17.3 Å². The van der Waals surface area contributed by atoms with Crippen LogP contribution >= 0.6 is 23.4 Å². The Hall–Kier alpha value is -2.64. The minimum atomic E-state index is -0.563. The molecule has 144 valence electrons. The smallest absolute Gasteiger partial charge is 0.254 e. The van der Waals surface area contributed by atoms with Crippen LogP contribution in [0, 0.1) is 5.82 Å². The Morgan fingerprint density at radius 2 is 1.96 bits per heavy atom. The van der Waals surface area contributed by atoms with E-state index in [1.165, 1.54) is 30.0 Å². The summed E-state index contributed by atoms with van der Waals surface area (Å²) in [7, 11) is 0. The highest BCUT2D eigenvalue weighted by atomic mass is 35.5. The molecule has 8 heteroatoms. The summed E-state index contributed by atoms with van der Waals surface area (Å²) < 4.78 is 15.6. The van der Waals surface area contributed by atoms with Gasteiger partial charge in [-0.3, -0.25) is 4.79 Å². The van der Waals surface area contributed by atoms with E-state index in [4.69, 9.17) is 11.6 Å². The predicted molar refractivity (Wildman–Crippen MR) is 109 cm³/mol. The summed E-state index contributed by atoms with van der Waals surface area (Å²) in [4.78, 5) is 12.2. The van der Waals surface area contributed by atoms with Gasteiger partial charge in [-0.1, -0.05) is 53.7 Å². The Kier molecular flexibility index (Phi) is 6.84. The van der Waals surface area contributed by atoms with E-state index in [0.29, 0.717) is 28.3 Å². The molecule has 1 amide bonds. The summed E-state index contributed by atoms with van der Waals surface area (Å²) in [6, 6.07) is 13.4. The average Bonchev–Trinajstić information content (AvgIpc) is 3.08. The van der Waals surface area contributed by atoms with E-state index in [2.05, 4.69) is 22.1 Å². The average molecular weight is 417 g/mol. The fourth-order valence-electron chi connectivity index (χ4n) is 2.50. The Morgan fingerprint density at radius 1 is 1.21 bits per heavy atom. The van der Waals surface area contributed by atoms with Crippen molar-refractivity contribution in [2.45, 2.75) is 24.0 Å². The number of aromatic nitrogens is 3. The number of nitrogens with one attached hydrogen (secondary N) is 1. The van der Waals surface area contributed by atoms with E-state index in [-0.39, 0.29) is 12.1 Å². The summed E-state index contributed by atoms with van der Waals surface area (Å²) in [5.74, 6) is 0.213. The number of hydrogen-bond acceptors (Lipinski definition) is 4. The molecule has 0 aliphatic rings. The molecule has 0 fully saturated rings. The number of carbonyl (C=O) groups excluding carboxylic acids is 1. The lowest BCUT2D eigenvalue weighted by atomic mass is 10.2. The molecule has 0 saturated heterocycles. The van der Waals surface area contributed by atoms with E-state index in [1.807, 2.05) is 28.8 Å². The number of thioether (sulfide) groups is 1.